The number of rotatable bonds is 6. The van der Waals surface area contributed by atoms with E-state index in [1.54, 1.807) is 0 Å². The minimum Gasteiger partial charge on any atom is -0.469 e. The lowest BCUT2D eigenvalue weighted by Gasteiger charge is -2.18. The Balaban J connectivity index is 2.08. The summed E-state index contributed by atoms with van der Waals surface area (Å²) in [4.78, 5) is 28.1. The maximum atomic E-state index is 12.2. The molecule has 0 aliphatic carbocycles. The molecule has 0 saturated heterocycles. The predicted octanol–water partition coefficient (Wildman–Crippen LogP) is 3.18. The topological polar surface area (TPSA) is 68.3 Å². The van der Waals surface area contributed by atoms with Crippen LogP contribution in [0.5, 0.6) is 0 Å². The molecule has 1 aromatic carbocycles. The average molecular weight is 397 g/mol. The third-order valence-electron chi connectivity index (χ3n) is 3.21. The minimum absolute atomic E-state index is 0.0833. The molecular formula is C16H17BrN2O3S. The maximum Gasteiger partial charge on any atom is 0.307 e. The summed E-state index contributed by atoms with van der Waals surface area (Å²) in [5.41, 5.74) is 1.58. The quantitative estimate of drug-likeness (QED) is 0.761. The number of nitrogens with one attached hydrogen (secondary N) is 1. The van der Waals surface area contributed by atoms with Crippen LogP contribution in [0.4, 0.5) is 0 Å². The van der Waals surface area contributed by atoms with Gasteiger partial charge in [-0.15, -0.1) is 11.3 Å². The van der Waals surface area contributed by atoms with Crippen LogP contribution in [0.3, 0.4) is 0 Å². The molecule has 5 nitrogen and oxygen atoms in total. The van der Waals surface area contributed by atoms with Crippen LogP contribution < -0.4 is 5.32 Å². The number of methoxy groups -OCH3 is 1. The zero-order valence-electron chi connectivity index (χ0n) is 12.8. The van der Waals surface area contributed by atoms with Crippen LogP contribution in [0.25, 0.3) is 0 Å². The number of hydrogen-bond acceptors (Lipinski definition) is 5. The summed E-state index contributed by atoms with van der Waals surface area (Å²) < 4.78 is 5.65. The first-order valence-corrected chi connectivity index (χ1v) is 8.68. The van der Waals surface area contributed by atoms with E-state index in [1.165, 1.54) is 18.4 Å². The average Bonchev–Trinajstić information content (AvgIpc) is 2.92. The number of esters is 1. The van der Waals surface area contributed by atoms with Crippen molar-refractivity contribution in [3.63, 3.8) is 0 Å². The van der Waals surface area contributed by atoms with Gasteiger partial charge in [0.25, 0.3) is 0 Å². The van der Waals surface area contributed by atoms with Crippen molar-refractivity contribution in [1.82, 2.24) is 10.3 Å². The molecule has 0 radical (unpaired) electrons. The summed E-state index contributed by atoms with van der Waals surface area (Å²) in [5, 5.41) is 5.67. The van der Waals surface area contributed by atoms with E-state index in [0.29, 0.717) is 0 Å². The molecule has 0 aliphatic heterocycles. The van der Waals surface area contributed by atoms with Gasteiger partial charge in [-0.05, 0) is 24.6 Å². The number of amides is 1. The zero-order chi connectivity index (χ0) is 16.8. The third kappa shape index (κ3) is 5.44. The molecule has 0 fully saturated rings. The summed E-state index contributed by atoms with van der Waals surface area (Å²) in [6.45, 7) is 1.90. The van der Waals surface area contributed by atoms with E-state index >= 15 is 0 Å². The van der Waals surface area contributed by atoms with E-state index < -0.39 is 6.04 Å². The first kappa shape index (κ1) is 17.6. The van der Waals surface area contributed by atoms with Gasteiger partial charge in [0.15, 0.2) is 0 Å². The second-order valence-corrected chi connectivity index (χ2v) is 6.96. The summed E-state index contributed by atoms with van der Waals surface area (Å²) in [5.74, 6) is -0.546. The zero-order valence-corrected chi connectivity index (χ0v) is 15.2. The Morgan fingerprint density at radius 3 is 2.61 bits per heavy atom. The Morgan fingerprint density at radius 1 is 1.35 bits per heavy atom. The Bertz CT molecular complexity index is 685. The van der Waals surface area contributed by atoms with Gasteiger partial charge in [0.05, 0.1) is 36.7 Å². The lowest BCUT2D eigenvalue weighted by atomic mass is 10.0. The predicted molar refractivity (Wildman–Crippen MR) is 92.2 cm³/mol. The highest BCUT2D eigenvalue weighted by atomic mass is 79.9. The second kappa shape index (κ2) is 8.21. The van der Waals surface area contributed by atoms with Crippen LogP contribution in [-0.4, -0.2) is 24.0 Å². The Morgan fingerprint density at radius 2 is 2.04 bits per heavy atom. The summed E-state index contributed by atoms with van der Waals surface area (Å²) in [6.07, 6.45) is 0.276. The smallest absolute Gasteiger partial charge is 0.307 e. The van der Waals surface area contributed by atoms with Crippen LogP contribution in [0.15, 0.2) is 34.1 Å². The Labute approximate surface area is 147 Å². The number of carbonyl (C=O) groups is 2. The van der Waals surface area contributed by atoms with Crippen LogP contribution in [0.1, 0.15) is 28.7 Å². The highest BCUT2D eigenvalue weighted by Crippen LogP contribution is 2.20. The second-order valence-electron chi connectivity index (χ2n) is 4.99. The Hall–Kier alpha value is -1.73. The fourth-order valence-corrected chi connectivity index (χ4v) is 2.97. The summed E-state index contributed by atoms with van der Waals surface area (Å²) in [7, 11) is 1.33. The van der Waals surface area contributed by atoms with Gasteiger partial charge < -0.3 is 10.1 Å². The molecule has 122 valence electrons. The molecule has 0 aliphatic rings. The SMILES string of the molecule is COC(=O)CC(NC(=O)Cc1csc(C)n1)c1ccc(Br)cc1. The number of aromatic nitrogens is 1. The highest BCUT2D eigenvalue weighted by Gasteiger charge is 2.19. The molecule has 0 spiro atoms. The molecular weight excluding hydrogens is 380 g/mol. The van der Waals surface area contributed by atoms with Crippen LogP contribution >= 0.6 is 27.3 Å². The standard InChI is InChI=1S/C16H17BrN2O3S/c1-10-18-13(9-23-10)7-15(20)19-14(8-16(21)22-2)11-3-5-12(17)6-4-11/h3-6,9,14H,7-8H2,1-2H3,(H,19,20). The van der Waals surface area contributed by atoms with E-state index in [4.69, 9.17) is 4.74 Å². The molecule has 1 unspecified atom stereocenters. The Kier molecular flexibility index (Phi) is 6.29. The van der Waals surface area contributed by atoms with Gasteiger partial charge in [-0.3, -0.25) is 9.59 Å². The lowest BCUT2D eigenvalue weighted by molar-refractivity contribution is -0.141. The number of nitrogens with zero attached hydrogens (tertiary/aromatic N) is 1. The lowest BCUT2D eigenvalue weighted by Crippen LogP contribution is -2.31. The van der Waals surface area contributed by atoms with Gasteiger partial charge in [0.1, 0.15) is 0 Å². The number of halogens is 1. The van der Waals surface area contributed by atoms with Gasteiger partial charge in [-0.25, -0.2) is 4.98 Å². The van der Waals surface area contributed by atoms with Crippen molar-refractivity contribution in [2.45, 2.75) is 25.8 Å². The molecule has 1 heterocycles. The minimum atomic E-state index is -0.428. The molecule has 1 aromatic heterocycles. The number of aryl methyl sites for hydroxylation is 1. The van der Waals surface area contributed by atoms with Crippen molar-refractivity contribution in [2.24, 2.45) is 0 Å². The van der Waals surface area contributed by atoms with Gasteiger partial charge in [-0.2, -0.15) is 0 Å². The first-order chi connectivity index (χ1) is 11.0. The summed E-state index contributed by atoms with van der Waals surface area (Å²) >= 11 is 4.88. The van der Waals surface area contributed by atoms with Crippen molar-refractivity contribution in [3.8, 4) is 0 Å². The third-order valence-corrected chi connectivity index (χ3v) is 4.57. The highest BCUT2D eigenvalue weighted by molar-refractivity contribution is 9.10. The molecule has 23 heavy (non-hydrogen) atoms. The number of benzene rings is 1. The van der Waals surface area contributed by atoms with Crippen LogP contribution in [0.2, 0.25) is 0 Å². The number of carbonyl (C=O) groups excluding carboxylic acids is 2. The van der Waals surface area contributed by atoms with Crippen molar-refractivity contribution >= 4 is 39.1 Å². The van der Waals surface area contributed by atoms with Crippen molar-refractivity contribution in [2.75, 3.05) is 7.11 Å². The normalized spacial score (nSPS) is 11.8. The van der Waals surface area contributed by atoms with Crippen LogP contribution in [0, 0.1) is 6.92 Å². The first-order valence-electron chi connectivity index (χ1n) is 7.00. The molecule has 2 rings (SSSR count). The number of hydrogen-bond donors (Lipinski definition) is 1. The number of thiazole rings is 1. The van der Waals surface area contributed by atoms with Crippen molar-refractivity contribution in [3.05, 3.63) is 50.4 Å². The van der Waals surface area contributed by atoms with Crippen molar-refractivity contribution in [1.29, 1.82) is 0 Å². The van der Waals surface area contributed by atoms with E-state index in [1.807, 2.05) is 36.6 Å². The fourth-order valence-electron chi connectivity index (χ4n) is 2.10. The van der Waals surface area contributed by atoms with Gasteiger partial charge in [-0.1, -0.05) is 28.1 Å². The molecule has 1 amide bonds. The summed E-state index contributed by atoms with van der Waals surface area (Å²) in [6, 6.07) is 7.05. The molecule has 1 atom stereocenters. The maximum absolute atomic E-state index is 12.2. The largest absolute Gasteiger partial charge is 0.469 e. The van der Waals surface area contributed by atoms with E-state index in [-0.39, 0.29) is 24.7 Å². The van der Waals surface area contributed by atoms with E-state index in [0.717, 1.165) is 20.7 Å². The molecule has 0 bridgehead atoms. The molecule has 1 N–H and O–H groups in total. The molecule has 2 aromatic rings. The van der Waals surface area contributed by atoms with Crippen LogP contribution in [-0.2, 0) is 20.7 Å². The van der Waals surface area contributed by atoms with Gasteiger partial charge in [0, 0.05) is 9.85 Å². The fraction of sp³-hybridized carbons (Fsp3) is 0.312. The van der Waals surface area contributed by atoms with E-state index in [2.05, 4.69) is 26.2 Å². The van der Waals surface area contributed by atoms with E-state index in [9.17, 15) is 9.59 Å². The molecule has 0 saturated carbocycles. The number of ether oxygens (including phenoxy) is 1. The van der Waals surface area contributed by atoms with Gasteiger partial charge >= 0.3 is 5.97 Å². The van der Waals surface area contributed by atoms with Crippen molar-refractivity contribution < 1.29 is 14.3 Å². The molecule has 7 heteroatoms. The van der Waals surface area contributed by atoms with Gasteiger partial charge in [0.2, 0.25) is 5.91 Å². The monoisotopic (exact) mass is 396 g/mol.